The number of halogens is 1. The van der Waals surface area contributed by atoms with Crippen molar-refractivity contribution in [1.82, 2.24) is 10.2 Å². The van der Waals surface area contributed by atoms with Crippen LogP contribution in [-0.2, 0) is 11.2 Å². The Morgan fingerprint density at radius 2 is 2.07 bits per heavy atom. The Kier molecular flexibility index (Phi) is 5.66. The lowest BCUT2D eigenvalue weighted by atomic mass is 10.1. The molecular weight excluding hydrogens is 414 g/mol. The number of carbonyl (C=O) groups excluding carboxylic acids is 1. The number of nitrogens with one attached hydrogen (secondary N) is 1. The predicted molar refractivity (Wildman–Crippen MR) is 115 cm³/mol. The van der Waals surface area contributed by atoms with Crippen LogP contribution in [0.5, 0.6) is 0 Å². The molecule has 0 spiro atoms. The van der Waals surface area contributed by atoms with Gasteiger partial charge < -0.3 is 9.73 Å². The summed E-state index contributed by atoms with van der Waals surface area (Å²) >= 11 is 9.15. The summed E-state index contributed by atoms with van der Waals surface area (Å²) in [7, 11) is 0. The van der Waals surface area contributed by atoms with Gasteiger partial charge in [-0.3, -0.25) is 4.79 Å². The smallest absolute Gasteiger partial charge is 0.277 e. The molecule has 8 heteroatoms. The summed E-state index contributed by atoms with van der Waals surface area (Å²) in [5.74, 6) is 0.417. The normalized spacial score (nSPS) is 11.1. The maximum Gasteiger partial charge on any atom is 0.277 e. The number of fused-ring (bicyclic) bond motifs is 1. The minimum absolute atomic E-state index is 0.127. The molecule has 0 bridgehead atoms. The van der Waals surface area contributed by atoms with Gasteiger partial charge in [-0.15, -0.1) is 21.5 Å². The molecule has 0 fully saturated rings. The van der Waals surface area contributed by atoms with Crippen molar-refractivity contribution in [2.75, 3.05) is 11.1 Å². The highest BCUT2D eigenvalue weighted by Gasteiger charge is 2.18. The standard InChI is InChI=1S/C20H16ClN3O2S2/c1-2-12-6-5-7-13(10-12)22-16(25)11-27-20-24-23-19(26-20)18-17(21)14-8-3-4-9-15(14)28-18/h3-10H,2,11H2,1H3,(H,22,25). The van der Waals surface area contributed by atoms with Gasteiger partial charge >= 0.3 is 0 Å². The van der Waals surface area contributed by atoms with Gasteiger partial charge in [0, 0.05) is 15.8 Å². The lowest BCUT2D eigenvalue weighted by molar-refractivity contribution is -0.113. The Morgan fingerprint density at radius 3 is 2.89 bits per heavy atom. The van der Waals surface area contributed by atoms with E-state index in [0.717, 1.165) is 27.1 Å². The zero-order valence-corrected chi connectivity index (χ0v) is 17.3. The van der Waals surface area contributed by atoms with Gasteiger partial charge in [0.15, 0.2) is 0 Å². The second-order valence-electron chi connectivity index (χ2n) is 6.01. The van der Waals surface area contributed by atoms with Crippen LogP contribution in [0.25, 0.3) is 20.9 Å². The first kappa shape index (κ1) is 19.0. The summed E-state index contributed by atoms with van der Waals surface area (Å²) in [5, 5.41) is 12.9. The molecule has 0 aliphatic carbocycles. The number of thiophene rings is 1. The molecule has 2 aromatic heterocycles. The van der Waals surface area contributed by atoms with Crippen LogP contribution in [0.2, 0.25) is 5.02 Å². The van der Waals surface area contributed by atoms with Crippen molar-refractivity contribution in [3.8, 4) is 10.8 Å². The van der Waals surface area contributed by atoms with E-state index in [1.807, 2.05) is 48.5 Å². The zero-order chi connectivity index (χ0) is 19.5. The average molecular weight is 430 g/mol. The number of thioether (sulfide) groups is 1. The van der Waals surface area contributed by atoms with Crippen molar-refractivity contribution in [3.05, 3.63) is 59.1 Å². The number of aromatic nitrogens is 2. The maximum atomic E-state index is 12.2. The van der Waals surface area contributed by atoms with E-state index < -0.39 is 0 Å². The number of amides is 1. The number of hydrogen-bond acceptors (Lipinski definition) is 6. The predicted octanol–water partition coefficient (Wildman–Crippen LogP) is 5.90. The molecular formula is C20H16ClN3O2S2. The van der Waals surface area contributed by atoms with Crippen LogP contribution in [0.3, 0.4) is 0 Å². The number of nitrogens with zero attached hydrogens (tertiary/aromatic N) is 2. The highest BCUT2D eigenvalue weighted by molar-refractivity contribution is 7.99. The number of aryl methyl sites for hydroxylation is 1. The number of carbonyl (C=O) groups is 1. The number of rotatable bonds is 6. The number of anilines is 1. The van der Waals surface area contributed by atoms with E-state index >= 15 is 0 Å². The molecule has 0 saturated carbocycles. The maximum absolute atomic E-state index is 12.2. The molecule has 0 aliphatic rings. The quantitative estimate of drug-likeness (QED) is 0.386. The van der Waals surface area contributed by atoms with E-state index in [-0.39, 0.29) is 11.7 Å². The van der Waals surface area contributed by atoms with Gasteiger partial charge in [0.1, 0.15) is 4.88 Å². The summed E-state index contributed by atoms with van der Waals surface area (Å²) in [4.78, 5) is 12.9. The largest absolute Gasteiger partial charge is 0.410 e. The lowest BCUT2D eigenvalue weighted by Gasteiger charge is -2.05. The highest BCUT2D eigenvalue weighted by atomic mass is 35.5. The molecule has 0 aliphatic heterocycles. The Bertz CT molecular complexity index is 1140. The second-order valence-corrected chi connectivity index (χ2v) is 8.36. The zero-order valence-electron chi connectivity index (χ0n) is 14.9. The Morgan fingerprint density at radius 1 is 1.21 bits per heavy atom. The van der Waals surface area contributed by atoms with Crippen LogP contribution in [0.15, 0.2) is 58.2 Å². The second kappa shape index (κ2) is 8.34. The topological polar surface area (TPSA) is 68.0 Å². The van der Waals surface area contributed by atoms with E-state index in [1.54, 1.807) is 0 Å². The van der Waals surface area contributed by atoms with Gasteiger partial charge in [-0.2, -0.15) is 0 Å². The van der Waals surface area contributed by atoms with Gasteiger partial charge in [-0.05, 0) is 30.2 Å². The SMILES string of the molecule is CCc1cccc(NC(=O)CSc2nnc(-c3sc4ccccc4c3Cl)o2)c1. The van der Waals surface area contributed by atoms with Gasteiger partial charge in [0.2, 0.25) is 5.91 Å². The molecule has 0 saturated heterocycles. The Hall–Kier alpha value is -2.35. The van der Waals surface area contributed by atoms with Crippen molar-refractivity contribution in [2.45, 2.75) is 18.6 Å². The van der Waals surface area contributed by atoms with Crippen molar-refractivity contribution in [3.63, 3.8) is 0 Å². The van der Waals surface area contributed by atoms with E-state index in [4.69, 9.17) is 16.0 Å². The van der Waals surface area contributed by atoms with Crippen molar-refractivity contribution < 1.29 is 9.21 Å². The Balaban J connectivity index is 1.42. The minimum atomic E-state index is -0.127. The summed E-state index contributed by atoms with van der Waals surface area (Å²) < 4.78 is 6.76. The first-order chi connectivity index (χ1) is 13.6. The molecule has 5 nitrogen and oxygen atoms in total. The summed E-state index contributed by atoms with van der Waals surface area (Å²) in [5.41, 5.74) is 1.96. The van der Waals surface area contributed by atoms with Crippen molar-refractivity contribution in [1.29, 1.82) is 0 Å². The fraction of sp³-hybridized carbons (Fsp3) is 0.150. The molecule has 142 valence electrons. The molecule has 28 heavy (non-hydrogen) atoms. The number of hydrogen-bond donors (Lipinski definition) is 1. The molecule has 4 aromatic rings. The third-order valence-corrected chi connectivity index (χ3v) is 6.56. The number of benzene rings is 2. The molecule has 0 radical (unpaired) electrons. The molecule has 0 atom stereocenters. The van der Waals surface area contributed by atoms with Gasteiger partial charge in [0.25, 0.3) is 11.1 Å². The van der Waals surface area contributed by atoms with E-state index in [1.165, 1.54) is 28.7 Å². The van der Waals surface area contributed by atoms with Crippen LogP contribution >= 0.6 is 34.7 Å². The van der Waals surface area contributed by atoms with E-state index in [0.29, 0.717) is 16.1 Å². The third kappa shape index (κ3) is 4.06. The highest BCUT2D eigenvalue weighted by Crippen LogP contribution is 2.41. The van der Waals surface area contributed by atoms with Crippen molar-refractivity contribution in [2.24, 2.45) is 0 Å². The van der Waals surface area contributed by atoms with Crippen LogP contribution in [0, 0.1) is 0 Å². The summed E-state index contributed by atoms with van der Waals surface area (Å²) in [6.07, 6.45) is 0.920. The fourth-order valence-electron chi connectivity index (χ4n) is 2.70. The van der Waals surface area contributed by atoms with Crippen LogP contribution in [0.1, 0.15) is 12.5 Å². The summed E-state index contributed by atoms with van der Waals surface area (Å²) in [6, 6.07) is 15.7. The van der Waals surface area contributed by atoms with Gasteiger partial charge in [-0.1, -0.05) is 60.6 Å². The minimum Gasteiger partial charge on any atom is -0.410 e. The molecule has 4 rings (SSSR count). The Labute approximate surface area is 175 Å². The lowest BCUT2D eigenvalue weighted by Crippen LogP contribution is -2.14. The third-order valence-electron chi connectivity index (χ3n) is 4.08. The summed E-state index contributed by atoms with van der Waals surface area (Å²) in [6.45, 7) is 2.08. The molecule has 2 heterocycles. The van der Waals surface area contributed by atoms with Gasteiger partial charge in [-0.25, -0.2) is 0 Å². The van der Waals surface area contributed by atoms with Crippen molar-refractivity contribution >= 4 is 56.4 Å². The first-order valence-electron chi connectivity index (χ1n) is 8.66. The van der Waals surface area contributed by atoms with Crippen LogP contribution in [0.4, 0.5) is 5.69 Å². The molecule has 0 unspecified atom stereocenters. The van der Waals surface area contributed by atoms with Gasteiger partial charge in [0.05, 0.1) is 10.8 Å². The monoisotopic (exact) mass is 429 g/mol. The molecule has 1 N–H and O–H groups in total. The molecule has 1 amide bonds. The first-order valence-corrected chi connectivity index (χ1v) is 10.8. The average Bonchev–Trinajstić information content (AvgIpc) is 3.31. The van der Waals surface area contributed by atoms with E-state index in [2.05, 4.69) is 22.4 Å². The fourth-order valence-corrected chi connectivity index (χ4v) is 4.70. The molecule has 2 aromatic carbocycles. The van der Waals surface area contributed by atoms with E-state index in [9.17, 15) is 4.79 Å². The van der Waals surface area contributed by atoms with Crippen LogP contribution < -0.4 is 5.32 Å². The van der Waals surface area contributed by atoms with Crippen LogP contribution in [-0.4, -0.2) is 21.9 Å².